The maximum absolute atomic E-state index is 12.6. The van der Waals surface area contributed by atoms with Gasteiger partial charge in [0.15, 0.2) is 0 Å². The van der Waals surface area contributed by atoms with Crippen LogP contribution in [0.15, 0.2) is 48.5 Å². The molecule has 0 heterocycles. The normalized spacial score (nSPS) is 24.3. The summed E-state index contributed by atoms with van der Waals surface area (Å²) in [4.78, 5) is 12.6. The van der Waals surface area contributed by atoms with E-state index >= 15 is 0 Å². The number of anilines is 1. The zero-order valence-corrected chi connectivity index (χ0v) is 17.2. The smallest absolute Gasteiger partial charge is 0.255 e. The second-order valence-electron chi connectivity index (χ2n) is 9.33. The van der Waals surface area contributed by atoms with Gasteiger partial charge in [0.1, 0.15) is 0 Å². The van der Waals surface area contributed by atoms with Crippen molar-refractivity contribution < 1.29 is 4.79 Å². The van der Waals surface area contributed by atoms with Gasteiger partial charge < -0.3 is 10.6 Å². The van der Waals surface area contributed by atoms with Crippen molar-refractivity contribution in [3.8, 4) is 0 Å². The molecule has 3 fully saturated rings. The summed E-state index contributed by atoms with van der Waals surface area (Å²) in [5.74, 6) is 2.23. The number of amides is 1. The number of carbonyl (C=O) groups is 1. The lowest BCUT2D eigenvalue weighted by molar-refractivity contribution is 0.102. The van der Waals surface area contributed by atoms with Gasteiger partial charge in [-0.15, -0.1) is 0 Å². The van der Waals surface area contributed by atoms with Crippen LogP contribution in [0.4, 0.5) is 5.69 Å². The summed E-state index contributed by atoms with van der Waals surface area (Å²) in [7, 11) is 0. The molecule has 0 aromatic heterocycles. The molecule has 3 nitrogen and oxygen atoms in total. The van der Waals surface area contributed by atoms with Crippen LogP contribution in [0.5, 0.6) is 0 Å². The van der Waals surface area contributed by atoms with Crippen LogP contribution in [0.25, 0.3) is 0 Å². The molecule has 152 valence electrons. The number of carbonyl (C=O) groups excluding carboxylic acids is 1. The van der Waals surface area contributed by atoms with E-state index in [4.69, 9.17) is 0 Å². The largest absolute Gasteiger partial charge is 0.322 e. The summed E-state index contributed by atoms with van der Waals surface area (Å²) in [6, 6.07) is 17.3. The van der Waals surface area contributed by atoms with Crippen molar-refractivity contribution in [1.82, 2.24) is 5.32 Å². The average molecular weight is 389 g/mol. The van der Waals surface area contributed by atoms with Crippen LogP contribution in [0.3, 0.4) is 0 Å². The predicted octanol–water partition coefficient (Wildman–Crippen LogP) is 5.84. The van der Waals surface area contributed by atoms with Gasteiger partial charge in [0.2, 0.25) is 0 Å². The number of hydrogen-bond donors (Lipinski definition) is 2. The topological polar surface area (TPSA) is 41.1 Å². The third kappa shape index (κ3) is 4.72. The molecule has 1 amide bonds. The van der Waals surface area contributed by atoms with Crippen molar-refractivity contribution in [2.75, 3.05) is 11.9 Å². The molecule has 0 bridgehead atoms. The number of benzene rings is 2. The molecule has 2 N–H and O–H groups in total. The molecule has 0 saturated heterocycles. The summed E-state index contributed by atoms with van der Waals surface area (Å²) in [5, 5.41) is 6.74. The zero-order valence-electron chi connectivity index (χ0n) is 17.2. The summed E-state index contributed by atoms with van der Waals surface area (Å²) in [6.45, 7) is 1.19. The van der Waals surface area contributed by atoms with Gasteiger partial charge in [0.25, 0.3) is 5.91 Å². The number of nitrogens with one attached hydrogen (secondary N) is 2. The van der Waals surface area contributed by atoms with Gasteiger partial charge in [-0.1, -0.05) is 43.5 Å². The Morgan fingerprint density at radius 2 is 1.52 bits per heavy atom. The van der Waals surface area contributed by atoms with Crippen LogP contribution in [0.2, 0.25) is 0 Å². The molecule has 0 spiro atoms. The predicted molar refractivity (Wildman–Crippen MR) is 119 cm³/mol. The molecule has 29 heavy (non-hydrogen) atoms. The lowest BCUT2D eigenvalue weighted by Gasteiger charge is -2.22. The third-order valence-corrected chi connectivity index (χ3v) is 7.00. The molecule has 5 rings (SSSR count). The molecule has 2 unspecified atom stereocenters. The van der Waals surface area contributed by atoms with Crippen molar-refractivity contribution >= 4 is 11.6 Å². The van der Waals surface area contributed by atoms with Crippen LogP contribution in [-0.2, 0) is 0 Å². The molecule has 3 heteroatoms. The van der Waals surface area contributed by atoms with E-state index in [0.717, 1.165) is 17.2 Å². The Morgan fingerprint density at radius 1 is 0.828 bits per heavy atom. The van der Waals surface area contributed by atoms with E-state index in [1.54, 1.807) is 0 Å². The monoisotopic (exact) mass is 388 g/mol. The molecule has 0 aliphatic heterocycles. The lowest BCUT2D eigenvalue weighted by Crippen LogP contribution is -2.20. The molecular formula is C26H32N2O. The van der Waals surface area contributed by atoms with Crippen LogP contribution >= 0.6 is 0 Å². The van der Waals surface area contributed by atoms with Gasteiger partial charge in [0, 0.05) is 23.2 Å². The fourth-order valence-electron chi connectivity index (χ4n) is 4.79. The van der Waals surface area contributed by atoms with Crippen molar-refractivity contribution in [3.05, 3.63) is 65.2 Å². The standard InChI is InChI=1S/C26H32N2O/c29-26(22-10-8-20(9-11-22)19-4-2-1-3-5-19)28-23-14-12-21(13-15-23)24-16-25(24)27-17-18-6-7-18/h8-15,18-19,24-25,27H,1-7,16-17H2,(H,28,29). The SMILES string of the molecule is O=C(Nc1ccc(C2CC2NCC2CC2)cc1)c1ccc(C2CCCCC2)cc1. The molecular weight excluding hydrogens is 356 g/mol. The van der Waals surface area contributed by atoms with Crippen molar-refractivity contribution in [2.24, 2.45) is 5.92 Å². The average Bonchev–Trinajstić information content (AvgIpc) is 3.69. The van der Waals surface area contributed by atoms with Gasteiger partial charge >= 0.3 is 0 Å². The first-order chi connectivity index (χ1) is 14.3. The zero-order chi connectivity index (χ0) is 19.6. The Hall–Kier alpha value is -2.13. The quantitative estimate of drug-likeness (QED) is 0.625. The van der Waals surface area contributed by atoms with Gasteiger partial charge in [-0.3, -0.25) is 4.79 Å². The van der Waals surface area contributed by atoms with Gasteiger partial charge in [-0.25, -0.2) is 0 Å². The highest BCUT2D eigenvalue weighted by molar-refractivity contribution is 6.04. The molecule has 3 aliphatic carbocycles. The lowest BCUT2D eigenvalue weighted by atomic mass is 9.84. The first kappa shape index (κ1) is 18.9. The number of hydrogen-bond acceptors (Lipinski definition) is 2. The molecule has 3 saturated carbocycles. The summed E-state index contributed by atoms with van der Waals surface area (Å²) < 4.78 is 0. The van der Waals surface area contributed by atoms with Gasteiger partial charge in [-0.2, -0.15) is 0 Å². The van der Waals surface area contributed by atoms with Crippen molar-refractivity contribution in [3.63, 3.8) is 0 Å². The van der Waals surface area contributed by atoms with E-state index in [0.29, 0.717) is 17.9 Å². The third-order valence-electron chi connectivity index (χ3n) is 7.00. The van der Waals surface area contributed by atoms with Gasteiger partial charge in [0.05, 0.1) is 0 Å². The van der Waals surface area contributed by atoms with Crippen LogP contribution < -0.4 is 10.6 Å². The molecule has 0 radical (unpaired) electrons. The van der Waals surface area contributed by atoms with Gasteiger partial charge in [-0.05, 0) is 85.9 Å². The minimum atomic E-state index is -0.0247. The summed E-state index contributed by atoms with van der Waals surface area (Å²) >= 11 is 0. The molecule has 2 aromatic carbocycles. The first-order valence-electron chi connectivity index (χ1n) is 11.5. The minimum absolute atomic E-state index is 0.0247. The second-order valence-corrected chi connectivity index (χ2v) is 9.33. The fourth-order valence-corrected chi connectivity index (χ4v) is 4.79. The molecule has 2 atom stereocenters. The van der Waals surface area contributed by atoms with E-state index in [-0.39, 0.29) is 5.91 Å². The minimum Gasteiger partial charge on any atom is -0.322 e. The van der Waals surface area contributed by atoms with E-state index in [2.05, 4.69) is 34.9 Å². The maximum atomic E-state index is 12.6. The first-order valence-corrected chi connectivity index (χ1v) is 11.5. The Labute approximate surface area is 174 Å². The Morgan fingerprint density at radius 3 is 2.21 bits per heavy atom. The van der Waals surface area contributed by atoms with Crippen LogP contribution in [-0.4, -0.2) is 18.5 Å². The van der Waals surface area contributed by atoms with E-state index in [1.807, 2.05) is 24.3 Å². The highest BCUT2D eigenvalue weighted by Gasteiger charge is 2.38. The van der Waals surface area contributed by atoms with E-state index in [9.17, 15) is 4.79 Å². The van der Waals surface area contributed by atoms with Crippen LogP contribution in [0, 0.1) is 5.92 Å². The van der Waals surface area contributed by atoms with Crippen molar-refractivity contribution in [1.29, 1.82) is 0 Å². The summed E-state index contributed by atoms with van der Waals surface area (Å²) in [6.07, 6.45) is 10.7. The fraction of sp³-hybridized carbons (Fsp3) is 0.500. The van der Waals surface area contributed by atoms with E-state index in [1.165, 1.54) is 69.0 Å². The Kier molecular flexibility index (Phi) is 5.41. The Bertz CT molecular complexity index is 832. The maximum Gasteiger partial charge on any atom is 0.255 e. The molecule has 3 aliphatic rings. The number of rotatable bonds is 7. The Balaban J connectivity index is 1.14. The van der Waals surface area contributed by atoms with E-state index < -0.39 is 0 Å². The second kappa shape index (κ2) is 8.31. The van der Waals surface area contributed by atoms with Crippen molar-refractivity contribution in [2.45, 2.75) is 69.2 Å². The summed E-state index contributed by atoms with van der Waals surface area (Å²) in [5.41, 5.74) is 4.38. The molecule has 2 aromatic rings. The highest BCUT2D eigenvalue weighted by atomic mass is 16.1. The highest BCUT2D eigenvalue weighted by Crippen LogP contribution is 2.42. The van der Waals surface area contributed by atoms with Crippen LogP contribution in [0.1, 0.15) is 84.7 Å².